The van der Waals surface area contributed by atoms with Gasteiger partial charge in [0.05, 0.1) is 24.3 Å². The molecular formula is C23H17I2N3O3. The number of halogens is 2. The molecule has 156 valence electrons. The molecule has 0 unspecified atom stereocenters. The summed E-state index contributed by atoms with van der Waals surface area (Å²) in [6, 6.07) is 18.9. The number of nitrogens with zero attached hydrogens (tertiary/aromatic N) is 2. The number of H-pyrrole nitrogens is 1. The van der Waals surface area contributed by atoms with Gasteiger partial charge in [0.1, 0.15) is 12.4 Å². The Morgan fingerprint density at radius 3 is 2.52 bits per heavy atom. The molecule has 1 heterocycles. The number of benzene rings is 3. The van der Waals surface area contributed by atoms with Gasteiger partial charge in [-0.1, -0.05) is 42.0 Å². The van der Waals surface area contributed by atoms with Crippen LogP contribution in [0.5, 0.6) is 5.75 Å². The Labute approximate surface area is 205 Å². The summed E-state index contributed by atoms with van der Waals surface area (Å²) < 4.78 is 8.71. The zero-order chi connectivity index (χ0) is 22.0. The summed E-state index contributed by atoms with van der Waals surface area (Å²) in [7, 11) is 0. The average Bonchev–Trinajstić information content (AvgIpc) is 2.73. The molecular weight excluding hydrogens is 620 g/mol. The Kier molecular flexibility index (Phi) is 6.56. The van der Waals surface area contributed by atoms with Crippen LogP contribution in [0.15, 0.2) is 75.4 Å². The molecule has 0 saturated carbocycles. The minimum absolute atomic E-state index is 0.406. The molecule has 0 amide bonds. The van der Waals surface area contributed by atoms with Crippen molar-refractivity contribution in [2.45, 2.75) is 13.5 Å². The van der Waals surface area contributed by atoms with Crippen LogP contribution in [-0.4, -0.2) is 15.9 Å². The van der Waals surface area contributed by atoms with Gasteiger partial charge in [0.15, 0.2) is 0 Å². The summed E-state index contributed by atoms with van der Waals surface area (Å²) in [5.41, 5.74) is 2.50. The van der Waals surface area contributed by atoms with Crippen LogP contribution in [-0.2, 0) is 6.61 Å². The minimum atomic E-state index is -0.581. The normalized spacial score (nSPS) is 11.3. The highest BCUT2D eigenvalue weighted by molar-refractivity contribution is 14.1. The van der Waals surface area contributed by atoms with Gasteiger partial charge in [-0.25, -0.2) is 4.79 Å². The lowest BCUT2D eigenvalue weighted by molar-refractivity contribution is 0.301. The topological polar surface area (TPSA) is 76.5 Å². The molecule has 1 aromatic heterocycles. The maximum absolute atomic E-state index is 12.6. The molecule has 0 saturated heterocycles. The first-order chi connectivity index (χ1) is 14.9. The molecule has 31 heavy (non-hydrogen) atoms. The van der Waals surface area contributed by atoms with Crippen molar-refractivity contribution in [2.75, 3.05) is 0 Å². The number of aryl methyl sites for hydroxylation is 1. The van der Waals surface area contributed by atoms with Crippen LogP contribution < -0.4 is 16.0 Å². The van der Waals surface area contributed by atoms with Crippen molar-refractivity contribution < 1.29 is 4.74 Å². The molecule has 4 rings (SSSR count). The van der Waals surface area contributed by atoms with Crippen LogP contribution in [0.25, 0.3) is 10.9 Å². The number of hydrogen-bond acceptors (Lipinski definition) is 4. The fourth-order valence-electron chi connectivity index (χ4n) is 3.13. The summed E-state index contributed by atoms with van der Waals surface area (Å²) in [4.78, 5) is 27.6. The lowest BCUT2D eigenvalue weighted by Gasteiger charge is -2.12. The third-order valence-corrected chi connectivity index (χ3v) is 6.19. The van der Waals surface area contributed by atoms with Crippen molar-refractivity contribution >= 4 is 62.3 Å². The zero-order valence-electron chi connectivity index (χ0n) is 16.4. The number of fused-ring (bicyclic) bond motifs is 1. The molecule has 3 aromatic carbocycles. The molecule has 0 spiro atoms. The quantitative estimate of drug-likeness (QED) is 0.256. The molecule has 0 aliphatic rings. The third kappa shape index (κ3) is 4.90. The zero-order valence-corrected chi connectivity index (χ0v) is 20.7. The monoisotopic (exact) mass is 637 g/mol. The first-order valence-electron chi connectivity index (χ1n) is 9.38. The molecule has 0 radical (unpaired) electrons. The Hall–Kier alpha value is -2.47. The van der Waals surface area contributed by atoms with Crippen molar-refractivity contribution in [3.8, 4) is 5.75 Å². The van der Waals surface area contributed by atoms with Gasteiger partial charge in [-0.05, 0) is 87.5 Å². The van der Waals surface area contributed by atoms with E-state index in [1.165, 1.54) is 11.8 Å². The summed E-state index contributed by atoms with van der Waals surface area (Å²) in [6.07, 6.45) is 1.50. The Balaban J connectivity index is 1.60. The van der Waals surface area contributed by atoms with Crippen molar-refractivity contribution in [1.29, 1.82) is 0 Å². The van der Waals surface area contributed by atoms with Gasteiger partial charge >= 0.3 is 5.69 Å². The molecule has 0 atom stereocenters. The van der Waals surface area contributed by atoms with Gasteiger partial charge in [-0.15, -0.1) is 4.68 Å². The first kappa shape index (κ1) is 21.8. The van der Waals surface area contributed by atoms with E-state index in [0.717, 1.165) is 28.7 Å². The van der Waals surface area contributed by atoms with Gasteiger partial charge in [0.2, 0.25) is 0 Å². The fraction of sp³-hybridized carbons (Fsp3) is 0.0870. The summed E-state index contributed by atoms with van der Waals surface area (Å²) in [5.74, 6) is 0.792. The third-order valence-electron chi connectivity index (χ3n) is 4.59. The molecule has 0 fully saturated rings. The summed E-state index contributed by atoms with van der Waals surface area (Å²) in [5, 5.41) is 4.53. The Morgan fingerprint density at radius 2 is 1.77 bits per heavy atom. The number of aromatic nitrogens is 2. The molecule has 6 nitrogen and oxygen atoms in total. The number of nitrogens with one attached hydrogen (secondary N) is 1. The van der Waals surface area contributed by atoms with E-state index in [1.54, 1.807) is 24.3 Å². The van der Waals surface area contributed by atoms with Gasteiger partial charge in [0, 0.05) is 0 Å². The van der Waals surface area contributed by atoms with E-state index < -0.39 is 11.2 Å². The number of para-hydroxylation sites is 1. The second-order valence-electron chi connectivity index (χ2n) is 6.93. The number of aromatic amines is 1. The highest BCUT2D eigenvalue weighted by atomic mass is 127. The van der Waals surface area contributed by atoms with Gasteiger partial charge < -0.3 is 9.72 Å². The van der Waals surface area contributed by atoms with Crippen LogP contribution in [0.3, 0.4) is 0 Å². The smallest absolute Gasteiger partial charge is 0.349 e. The maximum atomic E-state index is 12.6. The minimum Gasteiger partial charge on any atom is -0.487 e. The second kappa shape index (κ2) is 9.35. The lowest BCUT2D eigenvalue weighted by atomic mass is 10.1. The maximum Gasteiger partial charge on any atom is 0.349 e. The van der Waals surface area contributed by atoms with Gasteiger partial charge in [0.25, 0.3) is 5.56 Å². The summed E-state index contributed by atoms with van der Waals surface area (Å²) >= 11 is 4.42. The molecule has 0 aliphatic carbocycles. The molecule has 4 aromatic rings. The van der Waals surface area contributed by atoms with Crippen LogP contribution in [0.2, 0.25) is 0 Å². The van der Waals surface area contributed by atoms with Crippen LogP contribution >= 0.6 is 45.2 Å². The van der Waals surface area contributed by atoms with E-state index in [1.807, 2.05) is 24.3 Å². The van der Waals surface area contributed by atoms with E-state index >= 15 is 0 Å². The van der Waals surface area contributed by atoms with Crippen molar-refractivity contribution in [3.05, 3.63) is 105 Å². The van der Waals surface area contributed by atoms with Crippen molar-refractivity contribution in [3.63, 3.8) is 0 Å². The number of rotatable bonds is 5. The number of ether oxygens (including phenoxy) is 1. The van der Waals surface area contributed by atoms with E-state index in [2.05, 4.69) is 74.3 Å². The van der Waals surface area contributed by atoms with Crippen LogP contribution in [0.4, 0.5) is 0 Å². The van der Waals surface area contributed by atoms with E-state index in [4.69, 9.17) is 4.74 Å². The lowest BCUT2D eigenvalue weighted by Crippen LogP contribution is -2.32. The molecule has 1 N–H and O–H groups in total. The van der Waals surface area contributed by atoms with E-state index in [0.29, 0.717) is 17.5 Å². The highest BCUT2D eigenvalue weighted by Gasteiger charge is 2.10. The molecule has 0 bridgehead atoms. The average molecular weight is 637 g/mol. The molecule has 0 aliphatic heterocycles. The SMILES string of the molecule is Cc1cccc(COc2c(I)cc(C=Nn3c(=O)[nH]c4ccccc4c3=O)cc2I)c1. The van der Waals surface area contributed by atoms with Gasteiger partial charge in [-0.2, -0.15) is 5.10 Å². The van der Waals surface area contributed by atoms with Gasteiger partial charge in [-0.3, -0.25) is 4.79 Å². The predicted molar refractivity (Wildman–Crippen MR) is 139 cm³/mol. The largest absolute Gasteiger partial charge is 0.487 e. The van der Waals surface area contributed by atoms with E-state index in [-0.39, 0.29) is 0 Å². The Morgan fingerprint density at radius 1 is 1.03 bits per heavy atom. The standard InChI is InChI=1S/C23H17I2N3O3/c1-14-5-4-6-15(9-14)13-31-21-18(24)10-16(11-19(21)25)12-26-28-22(29)17-7-2-3-8-20(17)27-23(28)30/h2-12H,13H2,1H3,(H,27,30). The Bertz CT molecular complexity index is 1400. The summed E-state index contributed by atoms with van der Waals surface area (Å²) in [6.45, 7) is 2.53. The van der Waals surface area contributed by atoms with Crippen LogP contribution in [0.1, 0.15) is 16.7 Å². The van der Waals surface area contributed by atoms with E-state index in [9.17, 15) is 9.59 Å². The van der Waals surface area contributed by atoms with Crippen molar-refractivity contribution in [2.24, 2.45) is 5.10 Å². The second-order valence-corrected chi connectivity index (χ2v) is 9.25. The predicted octanol–water partition coefficient (Wildman–Crippen LogP) is 4.67. The first-order valence-corrected chi connectivity index (χ1v) is 11.5. The fourth-order valence-corrected chi connectivity index (χ4v) is 5.26. The van der Waals surface area contributed by atoms with Crippen molar-refractivity contribution in [1.82, 2.24) is 9.66 Å². The van der Waals surface area contributed by atoms with Crippen LogP contribution in [0, 0.1) is 14.1 Å². The number of hydrogen-bond donors (Lipinski definition) is 1. The highest BCUT2D eigenvalue weighted by Crippen LogP contribution is 2.29. The molecule has 8 heteroatoms.